The maximum atomic E-state index is 6.02. The van der Waals surface area contributed by atoms with Crippen molar-refractivity contribution in [1.29, 1.82) is 0 Å². The number of furan rings is 1. The fourth-order valence-corrected chi connectivity index (χ4v) is 4.07. The first-order valence-corrected chi connectivity index (χ1v) is 11.8. The quantitative estimate of drug-likeness (QED) is 0.181. The molecule has 0 saturated heterocycles. The number of benzene rings is 3. The Morgan fingerprint density at radius 2 is 1.47 bits per heavy atom. The predicted octanol–water partition coefficient (Wildman–Crippen LogP) is 8.43. The van der Waals surface area contributed by atoms with Crippen LogP contribution >= 0.6 is 0 Å². The fraction of sp³-hybridized carbons (Fsp3) is 0.125. The van der Waals surface area contributed by atoms with Crippen LogP contribution in [0.15, 0.2) is 102 Å². The standard InChI is InChI=1S/C18H12NO.C14H14N.Ir/c1-12-10-14-13-6-2-3-8-17(13)20-18(14)15(11-12)16-7-4-5-9-19-16;1-11(2)12-6-8-13(9-7-12)14-5-3-4-10-15-14;/h2-10H,1H3;3-8,10-11H,1-2H3;/q2*-1;. The number of aryl methyl sites for hydroxylation is 1. The molecule has 3 aromatic heterocycles. The van der Waals surface area contributed by atoms with Crippen molar-refractivity contribution < 1.29 is 24.5 Å². The van der Waals surface area contributed by atoms with E-state index in [9.17, 15) is 0 Å². The number of nitrogens with zero attached hydrogens (tertiary/aromatic N) is 2. The molecule has 0 atom stereocenters. The summed E-state index contributed by atoms with van der Waals surface area (Å²) in [6.45, 7) is 6.42. The summed E-state index contributed by atoms with van der Waals surface area (Å²) >= 11 is 0. The number of aromatic nitrogens is 2. The van der Waals surface area contributed by atoms with E-state index in [-0.39, 0.29) is 20.1 Å². The number of rotatable bonds is 3. The zero-order valence-electron chi connectivity index (χ0n) is 20.5. The Hall–Kier alpha value is -3.59. The van der Waals surface area contributed by atoms with Crippen LogP contribution in [0.25, 0.3) is 44.5 Å². The maximum absolute atomic E-state index is 6.02. The Morgan fingerprint density at radius 1 is 0.778 bits per heavy atom. The summed E-state index contributed by atoms with van der Waals surface area (Å²) in [4.78, 5) is 8.71. The monoisotopic (exact) mass is 647 g/mol. The molecule has 3 heterocycles. The number of para-hydroxylation sites is 1. The molecule has 0 aliphatic carbocycles. The van der Waals surface area contributed by atoms with Crippen LogP contribution in [0.3, 0.4) is 0 Å². The number of hydrogen-bond acceptors (Lipinski definition) is 3. The van der Waals surface area contributed by atoms with Gasteiger partial charge in [-0.15, -0.1) is 53.1 Å². The number of hydrogen-bond donors (Lipinski definition) is 0. The van der Waals surface area contributed by atoms with Crippen molar-refractivity contribution in [2.75, 3.05) is 0 Å². The summed E-state index contributed by atoms with van der Waals surface area (Å²) < 4.78 is 6.02. The van der Waals surface area contributed by atoms with Crippen LogP contribution in [-0.4, -0.2) is 9.97 Å². The molecule has 0 N–H and O–H groups in total. The van der Waals surface area contributed by atoms with E-state index in [0.717, 1.165) is 50.0 Å². The minimum atomic E-state index is 0. The van der Waals surface area contributed by atoms with Gasteiger partial charge in [0.25, 0.3) is 0 Å². The van der Waals surface area contributed by atoms with Crippen molar-refractivity contribution in [2.45, 2.75) is 26.7 Å². The Labute approximate surface area is 225 Å². The molecule has 36 heavy (non-hydrogen) atoms. The third-order valence-electron chi connectivity index (χ3n) is 5.91. The van der Waals surface area contributed by atoms with Gasteiger partial charge in [0.2, 0.25) is 0 Å². The minimum absolute atomic E-state index is 0. The summed E-state index contributed by atoms with van der Waals surface area (Å²) in [5.74, 6) is 0.555. The molecule has 3 nitrogen and oxygen atoms in total. The van der Waals surface area contributed by atoms with E-state index in [1.807, 2.05) is 61.5 Å². The smallest absolute Gasteiger partial charge is 0.120 e. The Balaban J connectivity index is 0.000000172. The Bertz CT molecular complexity index is 1560. The van der Waals surface area contributed by atoms with E-state index >= 15 is 0 Å². The second-order valence-electron chi connectivity index (χ2n) is 8.79. The van der Waals surface area contributed by atoms with Crippen molar-refractivity contribution in [2.24, 2.45) is 0 Å². The van der Waals surface area contributed by atoms with Gasteiger partial charge in [-0.3, -0.25) is 0 Å². The largest absolute Gasteiger partial charge is 0.501 e. The Kier molecular flexibility index (Phi) is 8.10. The number of fused-ring (bicyclic) bond motifs is 3. The molecule has 6 aromatic rings. The molecular formula is C32H26IrN2O-2. The van der Waals surface area contributed by atoms with Gasteiger partial charge >= 0.3 is 0 Å². The van der Waals surface area contributed by atoms with Crippen LogP contribution in [0.4, 0.5) is 0 Å². The van der Waals surface area contributed by atoms with Gasteiger partial charge in [0, 0.05) is 37.9 Å². The second kappa shape index (κ2) is 11.4. The van der Waals surface area contributed by atoms with Crippen LogP contribution < -0.4 is 0 Å². The van der Waals surface area contributed by atoms with Crippen LogP contribution in [0.5, 0.6) is 0 Å². The van der Waals surface area contributed by atoms with E-state index in [1.165, 1.54) is 5.56 Å². The fourth-order valence-electron chi connectivity index (χ4n) is 4.07. The molecule has 0 unspecified atom stereocenters. The van der Waals surface area contributed by atoms with Crippen molar-refractivity contribution in [3.8, 4) is 22.5 Å². The van der Waals surface area contributed by atoms with Gasteiger partial charge in [0.1, 0.15) is 5.58 Å². The summed E-state index contributed by atoms with van der Waals surface area (Å²) in [6.07, 6.45) is 3.60. The molecule has 3 aromatic carbocycles. The van der Waals surface area contributed by atoms with Crippen LogP contribution in [-0.2, 0) is 20.1 Å². The molecule has 0 spiro atoms. The number of pyridine rings is 2. The molecule has 0 bridgehead atoms. The molecule has 0 aliphatic heterocycles. The van der Waals surface area contributed by atoms with Crippen LogP contribution in [0, 0.1) is 19.1 Å². The average molecular weight is 647 g/mol. The summed E-state index contributed by atoms with van der Waals surface area (Å²) in [5, 5.41) is 2.26. The summed E-state index contributed by atoms with van der Waals surface area (Å²) in [6, 6.07) is 34.9. The molecule has 181 valence electrons. The van der Waals surface area contributed by atoms with Crippen LogP contribution in [0.2, 0.25) is 0 Å². The third kappa shape index (κ3) is 5.46. The van der Waals surface area contributed by atoms with Crippen molar-refractivity contribution in [3.05, 3.63) is 121 Å². The summed E-state index contributed by atoms with van der Waals surface area (Å²) in [5.41, 5.74) is 8.01. The molecule has 0 fully saturated rings. The topological polar surface area (TPSA) is 38.9 Å². The van der Waals surface area contributed by atoms with Gasteiger partial charge in [0.15, 0.2) is 0 Å². The third-order valence-corrected chi connectivity index (χ3v) is 5.91. The van der Waals surface area contributed by atoms with Gasteiger partial charge < -0.3 is 14.4 Å². The van der Waals surface area contributed by atoms with E-state index in [1.54, 1.807) is 12.4 Å². The first-order valence-electron chi connectivity index (χ1n) is 11.8. The first kappa shape index (κ1) is 25.5. The maximum Gasteiger partial charge on any atom is 0.120 e. The second-order valence-corrected chi connectivity index (χ2v) is 8.79. The van der Waals surface area contributed by atoms with E-state index in [4.69, 9.17) is 4.42 Å². The van der Waals surface area contributed by atoms with Gasteiger partial charge in [-0.05, 0) is 29.6 Å². The zero-order valence-corrected chi connectivity index (χ0v) is 22.8. The van der Waals surface area contributed by atoms with Crippen molar-refractivity contribution in [1.82, 2.24) is 9.97 Å². The molecule has 0 aliphatic rings. The van der Waals surface area contributed by atoms with Gasteiger partial charge in [-0.25, -0.2) is 0 Å². The Morgan fingerprint density at radius 3 is 2.11 bits per heavy atom. The molecule has 0 saturated carbocycles. The predicted molar refractivity (Wildman–Crippen MR) is 143 cm³/mol. The minimum Gasteiger partial charge on any atom is -0.501 e. The average Bonchev–Trinajstić information content (AvgIpc) is 3.28. The van der Waals surface area contributed by atoms with Crippen molar-refractivity contribution in [3.63, 3.8) is 0 Å². The van der Waals surface area contributed by atoms with Gasteiger partial charge in [0.05, 0.1) is 5.58 Å². The molecule has 0 amide bonds. The van der Waals surface area contributed by atoms with Gasteiger partial charge in [-0.2, -0.15) is 0 Å². The molecule has 4 heteroatoms. The summed E-state index contributed by atoms with van der Waals surface area (Å²) in [7, 11) is 0. The first-order chi connectivity index (χ1) is 17.1. The van der Waals surface area contributed by atoms with Gasteiger partial charge in [-0.1, -0.05) is 80.1 Å². The van der Waals surface area contributed by atoms with E-state index in [0.29, 0.717) is 5.92 Å². The zero-order chi connectivity index (χ0) is 24.2. The normalized spacial score (nSPS) is 10.7. The molecule has 6 rings (SSSR count). The van der Waals surface area contributed by atoms with E-state index in [2.05, 4.69) is 66.3 Å². The van der Waals surface area contributed by atoms with Crippen LogP contribution in [0.1, 0.15) is 30.9 Å². The molecule has 1 radical (unpaired) electrons. The molecular weight excluding hydrogens is 621 g/mol. The SMILES string of the molecule is CC(C)c1c[c-]c(-c2ccccn2)cc1.Cc1[c-]c(-c2ccccn2)c2oc3ccccc3c2c1.[Ir]. The van der Waals surface area contributed by atoms with Crippen molar-refractivity contribution >= 4 is 21.9 Å². The van der Waals surface area contributed by atoms with E-state index < -0.39 is 0 Å².